The molecule has 31 heavy (non-hydrogen) atoms. The van der Waals surface area contributed by atoms with Crippen LogP contribution in [-0.4, -0.2) is 101 Å². The number of carbonyl (C=O) groups excluding carboxylic acids is 1. The SMILES string of the molecule is CCNC(=NCC(=O)N1CCN(c2ccccc2)CC1)NCCN(C)CCCOC.I. The van der Waals surface area contributed by atoms with Crippen LogP contribution in [0.15, 0.2) is 35.3 Å². The van der Waals surface area contributed by atoms with E-state index in [0.29, 0.717) is 5.96 Å². The Bertz CT molecular complexity index is 638. The summed E-state index contributed by atoms with van der Waals surface area (Å²) in [5.41, 5.74) is 1.22. The Kier molecular flexibility index (Phi) is 14.3. The summed E-state index contributed by atoms with van der Waals surface area (Å²) in [5.74, 6) is 0.774. The van der Waals surface area contributed by atoms with Crippen LogP contribution in [0.5, 0.6) is 0 Å². The summed E-state index contributed by atoms with van der Waals surface area (Å²) in [6.07, 6.45) is 1.02. The lowest BCUT2D eigenvalue weighted by atomic mass is 10.2. The van der Waals surface area contributed by atoms with E-state index in [1.54, 1.807) is 7.11 Å². The molecule has 0 atom stereocenters. The molecule has 2 N–H and O–H groups in total. The number of aliphatic imine (C=N–C) groups is 1. The summed E-state index contributed by atoms with van der Waals surface area (Å²) in [4.78, 5) is 23.6. The summed E-state index contributed by atoms with van der Waals surface area (Å²) in [7, 11) is 3.82. The fraction of sp³-hybridized carbons (Fsp3) is 0.636. The number of likely N-dealkylation sites (N-methyl/N-ethyl adjacent to an activating group) is 1. The molecule has 1 aliphatic heterocycles. The zero-order valence-electron chi connectivity index (χ0n) is 19.2. The van der Waals surface area contributed by atoms with Gasteiger partial charge in [-0.25, -0.2) is 4.99 Å². The average molecular weight is 546 g/mol. The first-order valence-corrected chi connectivity index (χ1v) is 10.9. The average Bonchev–Trinajstić information content (AvgIpc) is 2.78. The maximum Gasteiger partial charge on any atom is 0.244 e. The number of nitrogens with zero attached hydrogens (tertiary/aromatic N) is 4. The first-order valence-electron chi connectivity index (χ1n) is 10.9. The summed E-state index contributed by atoms with van der Waals surface area (Å²) in [6, 6.07) is 10.4. The van der Waals surface area contributed by atoms with E-state index in [9.17, 15) is 4.79 Å². The van der Waals surface area contributed by atoms with Crippen molar-refractivity contribution in [3.63, 3.8) is 0 Å². The van der Waals surface area contributed by atoms with Gasteiger partial charge in [0, 0.05) is 71.8 Å². The molecule has 1 aromatic carbocycles. The van der Waals surface area contributed by atoms with Crippen molar-refractivity contribution in [3.05, 3.63) is 30.3 Å². The number of guanidine groups is 1. The van der Waals surface area contributed by atoms with Gasteiger partial charge in [-0.1, -0.05) is 18.2 Å². The highest BCUT2D eigenvalue weighted by molar-refractivity contribution is 14.0. The third kappa shape index (κ3) is 10.5. The van der Waals surface area contributed by atoms with Gasteiger partial charge < -0.3 is 30.1 Å². The molecular weight excluding hydrogens is 507 g/mol. The highest BCUT2D eigenvalue weighted by atomic mass is 127. The van der Waals surface area contributed by atoms with Crippen LogP contribution in [0.25, 0.3) is 0 Å². The number of amides is 1. The molecule has 1 fully saturated rings. The summed E-state index contributed by atoms with van der Waals surface area (Å²) in [6.45, 7) is 9.60. The number of nitrogens with one attached hydrogen (secondary N) is 2. The van der Waals surface area contributed by atoms with Gasteiger partial charge in [-0.2, -0.15) is 0 Å². The van der Waals surface area contributed by atoms with E-state index in [0.717, 1.165) is 65.4 Å². The van der Waals surface area contributed by atoms with Crippen molar-refractivity contribution >= 4 is 41.5 Å². The van der Waals surface area contributed by atoms with Crippen LogP contribution in [0.2, 0.25) is 0 Å². The molecule has 1 aliphatic rings. The minimum atomic E-state index is 0. The molecule has 8 nitrogen and oxygen atoms in total. The molecule has 0 aliphatic carbocycles. The molecule has 0 aromatic heterocycles. The number of anilines is 1. The van der Waals surface area contributed by atoms with E-state index in [1.807, 2.05) is 30.0 Å². The topological polar surface area (TPSA) is 72.4 Å². The number of carbonyl (C=O) groups is 1. The van der Waals surface area contributed by atoms with Gasteiger partial charge in [-0.15, -0.1) is 24.0 Å². The van der Waals surface area contributed by atoms with Gasteiger partial charge >= 0.3 is 0 Å². The predicted molar refractivity (Wildman–Crippen MR) is 139 cm³/mol. The lowest BCUT2D eigenvalue weighted by Crippen LogP contribution is -2.49. The number of methoxy groups -OCH3 is 1. The third-order valence-corrected chi connectivity index (χ3v) is 5.14. The molecule has 0 unspecified atom stereocenters. The number of halogens is 1. The van der Waals surface area contributed by atoms with E-state index in [4.69, 9.17) is 4.74 Å². The van der Waals surface area contributed by atoms with Crippen LogP contribution in [0.1, 0.15) is 13.3 Å². The maximum atomic E-state index is 12.6. The second kappa shape index (κ2) is 16.1. The molecule has 9 heteroatoms. The lowest BCUT2D eigenvalue weighted by Gasteiger charge is -2.36. The number of hydrogen-bond donors (Lipinski definition) is 2. The smallest absolute Gasteiger partial charge is 0.244 e. The molecule has 1 heterocycles. The first-order chi connectivity index (χ1) is 14.6. The maximum absolute atomic E-state index is 12.6. The Morgan fingerprint density at radius 3 is 2.48 bits per heavy atom. The fourth-order valence-electron chi connectivity index (χ4n) is 3.40. The van der Waals surface area contributed by atoms with Crippen molar-refractivity contribution < 1.29 is 9.53 Å². The molecule has 1 aromatic rings. The largest absolute Gasteiger partial charge is 0.385 e. The standard InChI is InChI=1S/C22H38N6O2.HI/c1-4-23-22(24-11-13-26(2)12-8-18-30-3)25-19-21(29)28-16-14-27(15-17-28)20-9-6-5-7-10-20;/h5-7,9-10H,4,8,11-19H2,1-3H3,(H2,23,24,25);1H. The van der Waals surface area contributed by atoms with Gasteiger partial charge in [0.15, 0.2) is 5.96 Å². The van der Waals surface area contributed by atoms with Gasteiger partial charge in [-0.3, -0.25) is 4.79 Å². The Hall–Kier alpha value is -1.59. The number of hydrogen-bond acceptors (Lipinski definition) is 5. The van der Waals surface area contributed by atoms with Crippen molar-refractivity contribution in [1.29, 1.82) is 0 Å². The minimum Gasteiger partial charge on any atom is -0.385 e. The van der Waals surface area contributed by atoms with Crippen molar-refractivity contribution in [3.8, 4) is 0 Å². The van der Waals surface area contributed by atoms with Gasteiger partial charge in [0.1, 0.15) is 6.54 Å². The Morgan fingerprint density at radius 2 is 1.84 bits per heavy atom. The molecule has 0 saturated carbocycles. The van der Waals surface area contributed by atoms with E-state index in [1.165, 1.54) is 5.69 Å². The molecule has 1 amide bonds. The second-order valence-electron chi connectivity index (χ2n) is 7.47. The van der Waals surface area contributed by atoms with Crippen molar-refractivity contribution in [2.45, 2.75) is 13.3 Å². The van der Waals surface area contributed by atoms with Gasteiger partial charge in [0.2, 0.25) is 5.91 Å². The molecule has 0 spiro atoms. The van der Waals surface area contributed by atoms with Gasteiger partial charge in [0.25, 0.3) is 0 Å². The summed E-state index contributed by atoms with van der Waals surface area (Å²) < 4.78 is 5.09. The molecule has 2 rings (SSSR count). The number of ether oxygens (including phenoxy) is 1. The normalized spacial score (nSPS) is 14.4. The summed E-state index contributed by atoms with van der Waals surface area (Å²) >= 11 is 0. The van der Waals surface area contributed by atoms with E-state index in [2.05, 4.69) is 44.6 Å². The van der Waals surface area contributed by atoms with E-state index < -0.39 is 0 Å². The monoisotopic (exact) mass is 546 g/mol. The van der Waals surface area contributed by atoms with Crippen LogP contribution in [0.3, 0.4) is 0 Å². The van der Waals surface area contributed by atoms with Crippen LogP contribution >= 0.6 is 24.0 Å². The van der Waals surface area contributed by atoms with Crippen molar-refractivity contribution in [2.75, 3.05) is 84.6 Å². The fourth-order valence-corrected chi connectivity index (χ4v) is 3.40. The van der Waals surface area contributed by atoms with Crippen LogP contribution in [0, 0.1) is 0 Å². The zero-order chi connectivity index (χ0) is 21.6. The quantitative estimate of drug-likeness (QED) is 0.190. The second-order valence-corrected chi connectivity index (χ2v) is 7.47. The van der Waals surface area contributed by atoms with Gasteiger partial charge in [0.05, 0.1) is 0 Å². The molecule has 0 radical (unpaired) electrons. The molecule has 176 valence electrons. The highest BCUT2D eigenvalue weighted by Gasteiger charge is 2.20. The van der Waals surface area contributed by atoms with Crippen molar-refractivity contribution in [2.24, 2.45) is 4.99 Å². The Morgan fingerprint density at radius 1 is 1.13 bits per heavy atom. The zero-order valence-corrected chi connectivity index (χ0v) is 21.5. The van der Waals surface area contributed by atoms with Crippen LogP contribution in [0.4, 0.5) is 5.69 Å². The van der Waals surface area contributed by atoms with Crippen LogP contribution in [-0.2, 0) is 9.53 Å². The first kappa shape index (κ1) is 27.4. The number of benzene rings is 1. The molecule has 1 saturated heterocycles. The van der Waals surface area contributed by atoms with Crippen molar-refractivity contribution in [1.82, 2.24) is 20.4 Å². The summed E-state index contributed by atoms with van der Waals surface area (Å²) in [5, 5.41) is 6.53. The molecular formula is C22H39IN6O2. The van der Waals surface area contributed by atoms with Gasteiger partial charge in [-0.05, 0) is 32.5 Å². The number of para-hydroxylation sites is 1. The third-order valence-electron chi connectivity index (χ3n) is 5.14. The Balaban J connectivity index is 0.00000480. The lowest BCUT2D eigenvalue weighted by molar-refractivity contribution is -0.129. The predicted octanol–water partition coefficient (Wildman–Crippen LogP) is 1.48. The van der Waals surface area contributed by atoms with Crippen LogP contribution < -0.4 is 15.5 Å². The highest BCUT2D eigenvalue weighted by Crippen LogP contribution is 2.15. The Labute approximate surface area is 204 Å². The number of piperazine rings is 1. The van der Waals surface area contributed by atoms with E-state index >= 15 is 0 Å². The van der Waals surface area contributed by atoms with E-state index in [-0.39, 0.29) is 36.4 Å². The number of rotatable bonds is 11. The minimum absolute atomic E-state index is 0. The molecule has 0 bridgehead atoms.